The Morgan fingerprint density at radius 3 is 2.82 bits per heavy atom. The smallest absolute Gasteiger partial charge is 0.289 e. The summed E-state index contributed by atoms with van der Waals surface area (Å²) in [6.45, 7) is 3.57. The van der Waals surface area contributed by atoms with E-state index in [4.69, 9.17) is 9.56 Å². The first-order valence-corrected chi connectivity index (χ1v) is 8.75. The molecular weight excluding hydrogens is 304 g/mol. The zero-order chi connectivity index (χ0) is 15.9. The quantitative estimate of drug-likeness (QED) is 0.914. The number of rotatable bonds is 2. The van der Waals surface area contributed by atoms with E-state index in [1.54, 1.807) is 11.0 Å². The molecule has 3 rings (SSSR count). The van der Waals surface area contributed by atoms with Crippen molar-refractivity contribution in [1.29, 1.82) is 0 Å². The fourth-order valence-corrected chi connectivity index (χ4v) is 3.38. The maximum Gasteiger partial charge on any atom is 0.289 e. The molecule has 1 aromatic heterocycles. The van der Waals surface area contributed by atoms with Gasteiger partial charge in [0.2, 0.25) is 10.0 Å². The minimum atomic E-state index is -3.77. The molecule has 2 heterocycles. The van der Waals surface area contributed by atoms with Crippen LogP contribution in [0.1, 0.15) is 30.3 Å². The van der Waals surface area contributed by atoms with Gasteiger partial charge in [0.15, 0.2) is 5.76 Å². The van der Waals surface area contributed by atoms with Crippen LogP contribution in [0, 0.1) is 5.92 Å². The number of amides is 1. The summed E-state index contributed by atoms with van der Waals surface area (Å²) >= 11 is 0. The van der Waals surface area contributed by atoms with Gasteiger partial charge in [-0.1, -0.05) is 6.92 Å². The first kappa shape index (κ1) is 15.1. The molecule has 0 radical (unpaired) electrons. The predicted molar refractivity (Wildman–Crippen MR) is 81.9 cm³/mol. The fraction of sp³-hybridized carbons (Fsp3) is 0.400. The highest BCUT2D eigenvalue weighted by Crippen LogP contribution is 2.25. The number of hydrogen-bond donors (Lipinski definition) is 1. The lowest BCUT2D eigenvalue weighted by Gasteiger charge is -2.30. The summed E-state index contributed by atoms with van der Waals surface area (Å²) in [6.07, 6.45) is 2.12. The van der Waals surface area contributed by atoms with Gasteiger partial charge < -0.3 is 9.32 Å². The Balaban J connectivity index is 1.93. The predicted octanol–water partition coefficient (Wildman–Crippen LogP) is 1.95. The summed E-state index contributed by atoms with van der Waals surface area (Å²) in [5.74, 6) is 0.562. The van der Waals surface area contributed by atoms with Gasteiger partial charge in [-0.15, -0.1) is 0 Å². The van der Waals surface area contributed by atoms with Gasteiger partial charge in [0.05, 0.1) is 4.90 Å². The average Bonchev–Trinajstić information content (AvgIpc) is 2.88. The molecule has 7 heteroatoms. The Hall–Kier alpha value is -1.86. The third-order valence-corrected chi connectivity index (χ3v) is 4.88. The zero-order valence-electron chi connectivity index (χ0n) is 12.3. The van der Waals surface area contributed by atoms with Crippen molar-refractivity contribution in [3.05, 3.63) is 30.0 Å². The molecule has 1 aliphatic rings. The number of primary sulfonamides is 1. The summed E-state index contributed by atoms with van der Waals surface area (Å²) in [6, 6.07) is 5.89. The van der Waals surface area contributed by atoms with E-state index in [0.29, 0.717) is 16.9 Å². The van der Waals surface area contributed by atoms with Crippen molar-refractivity contribution >= 4 is 26.9 Å². The van der Waals surface area contributed by atoms with E-state index in [-0.39, 0.29) is 16.6 Å². The van der Waals surface area contributed by atoms with Crippen LogP contribution in [0.3, 0.4) is 0 Å². The first-order valence-electron chi connectivity index (χ1n) is 7.20. The lowest BCUT2D eigenvalue weighted by molar-refractivity contribution is 0.0653. The number of nitrogens with zero attached hydrogens (tertiary/aromatic N) is 1. The number of likely N-dealkylation sites (tertiary alicyclic amines) is 1. The number of furan rings is 1. The van der Waals surface area contributed by atoms with Crippen molar-refractivity contribution in [3.63, 3.8) is 0 Å². The average molecular weight is 322 g/mol. The highest BCUT2D eigenvalue weighted by molar-refractivity contribution is 7.89. The minimum absolute atomic E-state index is 0.00592. The van der Waals surface area contributed by atoms with Crippen molar-refractivity contribution in [3.8, 4) is 0 Å². The summed E-state index contributed by atoms with van der Waals surface area (Å²) in [4.78, 5) is 14.3. The number of sulfonamides is 1. The van der Waals surface area contributed by atoms with Crippen LogP contribution in [0.5, 0.6) is 0 Å². The van der Waals surface area contributed by atoms with Gasteiger partial charge >= 0.3 is 0 Å². The second-order valence-corrected chi connectivity index (χ2v) is 7.42. The number of fused-ring (bicyclic) bond motifs is 1. The molecule has 0 saturated carbocycles. The monoisotopic (exact) mass is 322 g/mol. The number of hydrogen-bond acceptors (Lipinski definition) is 4. The van der Waals surface area contributed by atoms with Crippen LogP contribution in [0.4, 0.5) is 0 Å². The standard InChI is InChI=1S/C15H18N2O4S/c1-10-3-2-6-17(9-10)15(18)14-8-11-7-12(22(16,19)20)4-5-13(11)21-14/h4-5,7-8,10H,2-3,6,9H2,1H3,(H2,16,19,20). The highest BCUT2D eigenvalue weighted by Gasteiger charge is 2.24. The SMILES string of the molecule is CC1CCCN(C(=O)c2cc3cc(S(N)(=O)=O)ccc3o2)C1. The molecule has 1 unspecified atom stereocenters. The Kier molecular flexibility index (Phi) is 3.70. The third kappa shape index (κ3) is 2.86. The van der Waals surface area contributed by atoms with Gasteiger partial charge in [0.25, 0.3) is 5.91 Å². The normalized spacial score (nSPS) is 19.5. The Morgan fingerprint density at radius 2 is 2.14 bits per heavy atom. The molecule has 0 bridgehead atoms. The van der Waals surface area contributed by atoms with E-state index in [9.17, 15) is 13.2 Å². The fourth-order valence-electron chi connectivity index (χ4n) is 2.83. The maximum atomic E-state index is 12.5. The summed E-state index contributed by atoms with van der Waals surface area (Å²) in [7, 11) is -3.77. The van der Waals surface area contributed by atoms with Crippen molar-refractivity contribution < 1.29 is 17.6 Å². The molecule has 1 fully saturated rings. The molecule has 6 nitrogen and oxygen atoms in total. The van der Waals surface area contributed by atoms with Gasteiger partial charge in [-0.05, 0) is 43.0 Å². The maximum absolute atomic E-state index is 12.5. The van der Waals surface area contributed by atoms with Crippen molar-refractivity contribution in [1.82, 2.24) is 4.90 Å². The van der Waals surface area contributed by atoms with Gasteiger partial charge in [-0.3, -0.25) is 4.79 Å². The van der Waals surface area contributed by atoms with E-state index < -0.39 is 10.0 Å². The molecule has 2 N–H and O–H groups in total. The van der Waals surface area contributed by atoms with Crippen LogP contribution in [0.15, 0.2) is 33.6 Å². The highest BCUT2D eigenvalue weighted by atomic mass is 32.2. The first-order chi connectivity index (χ1) is 10.3. The van der Waals surface area contributed by atoms with E-state index in [1.807, 2.05) is 0 Å². The van der Waals surface area contributed by atoms with Crippen LogP contribution in [-0.2, 0) is 10.0 Å². The molecule has 2 aromatic rings. The lowest BCUT2D eigenvalue weighted by Crippen LogP contribution is -2.38. The van der Waals surface area contributed by atoms with E-state index >= 15 is 0 Å². The largest absolute Gasteiger partial charge is 0.451 e. The van der Waals surface area contributed by atoms with Crippen molar-refractivity contribution in [2.45, 2.75) is 24.7 Å². The molecular formula is C15H18N2O4S. The summed E-state index contributed by atoms with van der Waals surface area (Å²) < 4.78 is 28.3. The molecule has 1 aromatic carbocycles. The number of piperidine rings is 1. The van der Waals surface area contributed by atoms with Gasteiger partial charge in [0.1, 0.15) is 5.58 Å². The third-order valence-electron chi connectivity index (χ3n) is 3.97. The van der Waals surface area contributed by atoms with Crippen LogP contribution in [0.2, 0.25) is 0 Å². The molecule has 0 spiro atoms. The van der Waals surface area contributed by atoms with Gasteiger partial charge in [-0.25, -0.2) is 13.6 Å². The van der Waals surface area contributed by atoms with Gasteiger partial charge in [0, 0.05) is 18.5 Å². The number of nitrogens with two attached hydrogens (primary N) is 1. The molecule has 1 amide bonds. The zero-order valence-corrected chi connectivity index (χ0v) is 13.1. The Bertz CT molecular complexity index is 825. The van der Waals surface area contributed by atoms with Crippen LogP contribution in [0.25, 0.3) is 11.0 Å². The van der Waals surface area contributed by atoms with E-state index in [1.165, 1.54) is 18.2 Å². The molecule has 1 saturated heterocycles. The van der Waals surface area contributed by atoms with Gasteiger partial charge in [-0.2, -0.15) is 0 Å². The van der Waals surface area contributed by atoms with Crippen molar-refractivity contribution in [2.75, 3.05) is 13.1 Å². The minimum Gasteiger partial charge on any atom is -0.451 e. The summed E-state index contributed by atoms with van der Waals surface area (Å²) in [5.41, 5.74) is 0.473. The second kappa shape index (κ2) is 5.40. The van der Waals surface area contributed by atoms with Crippen LogP contribution < -0.4 is 5.14 Å². The van der Waals surface area contributed by atoms with E-state index in [2.05, 4.69) is 6.92 Å². The Labute approximate surface area is 128 Å². The summed E-state index contributed by atoms with van der Waals surface area (Å²) in [5, 5.41) is 5.67. The molecule has 1 atom stereocenters. The molecule has 22 heavy (non-hydrogen) atoms. The topological polar surface area (TPSA) is 93.6 Å². The van der Waals surface area contributed by atoms with Crippen LogP contribution in [-0.4, -0.2) is 32.3 Å². The molecule has 1 aliphatic heterocycles. The molecule has 118 valence electrons. The second-order valence-electron chi connectivity index (χ2n) is 5.85. The number of benzene rings is 1. The molecule has 0 aliphatic carbocycles. The number of carbonyl (C=O) groups is 1. The van der Waals surface area contributed by atoms with Crippen LogP contribution >= 0.6 is 0 Å². The Morgan fingerprint density at radius 1 is 1.36 bits per heavy atom. The van der Waals surface area contributed by atoms with Crippen molar-refractivity contribution in [2.24, 2.45) is 11.1 Å². The number of carbonyl (C=O) groups excluding carboxylic acids is 1. The lowest BCUT2D eigenvalue weighted by atomic mass is 10.0. The van der Waals surface area contributed by atoms with E-state index in [0.717, 1.165) is 25.9 Å².